The second-order valence-electron chi connectivity index (χ2n) is 7.43. The van der Waals surface area contributed by atoms with Gasteiger partial charge in [-0.2, -0.15) is 18.3 Å². The van der Waals surface area contributed by atoms with Crippen molar-refractivity contribution in [3.8, 4) is 5.69 Å². The zero-order valence-corrected chi connectivity index (χ0v) is 17.3. The van der Waals surface area contributed by atoms with Gasteiger partial charge < -0.3 is 5.32 Å². The van der Waals surface area contributed by atoms with E-state index in [4.69, 9.17) is 0 Å². The molecule has 1 aliphatic heterocycles. The first kappa shape index (κ1) is 22.5. The SMILES string of the molecule is Cc1nn(-c2cccc(C(F)(F)F)c2)c(C)c1CC(=O)NCCCN1C(=O)CCC1=O. The van der Waals surface area contributed by atoms with Crippen LogP contribution in [-0.4, -0.2) is 45.5 Å². The number of rotatable bonds is 7. The minimum atomic E-state index is -4.46. The number of aryl methyl sites for hydroxylation is 1. The molecule has 0 atom stereocenters. The molecule has 0 spiro atoms. The highest BCUT2D eigenvalue weighted by atomic mass is 19.4. The van der Waals surface area contributed by atoms with E-state index in [1.807, 2.05) is 0 Å². The maximum absolute atomic E-state index is 13.0. The van der Waals surface area contributed by atoms with Gasteiger partial charge >= 0.3 is 6.18 Å². The van der Waals surface area contributed by atoms with E-state index in [1.165, 1.54) is 21.7 Å². The second kappa shape index (κ2) is 8.91. The molecule has 0 bridgehead atoms. The summed E-state index contributed by atoms with van der Waals surface area (Å²) in [5, 5.41) is 7.05. The lowest BCUT2D eigenvalue weighted by atomic mass is 10.1. The first-order valence-corrected chi connectivity index (χ1v) is 9.90. The predicted octanol–water partition coefficient (Wildman–Crippen LogP) is 2.71. The normalized spacial score (nSPS) is 14.4. The molecule has 0 radical (unpaired) electrons. The van der Waals surface area contributed by atoms with Gasteiger partial charge in [-0.3, -0.25) is 19.3 Å². The van der Waals surface area contributed by atoms with Crippen LogP contribution in [0.25, 0.3) is 5.69 Å². The van der Waals surface area contributed by atoms with Gasteiger partial charge in [0.15, 0.2) is 0 Å². The average Bonchev–Trinajstić information content (AvgIpc) is 3.18. The van der Waals surface area contributed by atoms with Crippen molar-refractivity contribution in [3.05, 3.63) is 46.8 Å². The molecular weight excluding hydrogens is 413 g/mol. The van der Waals surface area contributed by atoms with E-state index in [-0.39, 0.29) is 49.2 Å². The van der Waals surface area contributed by atoms with Gasteiger partial charge in [-0.15, -0.1) is 0 Å². The van der Waals surface area contributed by atoms with Crippen LogP contribution in [-0.2, 0) is 27.0 Å². The van der Waals surface area contributed by atoms with Crippen molar-refractivity contribution in [2.45, 2.75) is 45.7 Å². The molecule has 2 heterocycles. The van der Waals surface area contributed by atoms with Gasteiger partial charge in [-0.05, 0) is 38.5 Å². The molecule has 3 rings (SSSR count). The quantitative estimate of drug-likeness (QED) is 0.534. The van der Waals surface area contributed by atoms with E-state index < -0.39 is 11.7 Å². The van der Waals surface area contributed by atoms with Crippen LogP contribution >= 0.6 is 0 Å². The molecule has 166 valence electrons. The van der Waals surface area contributed by atoms with Crippen molar-refractivity contribution >= 4 is 17.7 Å². The van der Waals surface area contributed by atoms with Gasteiger partial charge in [0, 0.05) is 37.2 Å². The molecule has 1 saturated heterocycles. The largest absolute Gasteiger partial charge is 0.416 e. The molecule has 2 aromatic rings. The summed E-state index contributed by atoms with van der Waals surface area (Å²) in [4.78, 5) is 36.7. The number of aromatic nitrogens is 2. The number of amides is 3. The molecule has 10 heteroatoms. The number of hydrogen-bond acceptors (Lipinski definition) is 4. The van der Waals surface area contributed by atoms with E-state index >= 15 is 0 Å². The lowest BCUT2D eigenvalue weighted by Crippen LogP contribution is -2.33. The Bertz CT molecular complexity index is 998. The molecule has 0 saturated carbocycles. The van der Waals surface area contributed by atoms with Crippen molar-refractivity contribution in [2.75, 3.05) is 13.1 Å². The zero-order valence-electron chi connectivity index (χ0n) is 17.3. The molecular formula is C21H23F3N4O3. The van der Waals surface area contributed by atoms with E-state index in [0.717, 1.165) is 12.1 Å². The fraction of sp³-hybridized carbons (Fsp3) is 0.429. The number of halogens is 3. The van der Waals surface area contributed by atoms with E-state index in [2.05, 4.69) is 10.4 Å². The summed E-state index contributed by atoms with van der Waals surface area (Å²) in [6.07, 6.45) is -3.51. The molecule has 1 N–H and O–H groups in total. The Morgan fingerprint density at radius 2 is 1.84 bits per heavy atom. The van der Waals surface area contributed by atoms with Gasteiger partial charge in [0.25, 0.3) is 0 Å². The van der Waals surface area contributed by atoms with Crippen LogP contribution in [0.4, 0.5) is 13.2 Å². The van der Waals surface area contributed by atoms with Crippen LogP contribution in [0.2, 0.25) is 0 Å². The van der Waals surface area contributed by atoms with Gasteiger partial charge in [-0.25, -0.2) is 4.68 Å². The number of likely N-dealkylation sites (tertiary alicyclic amines) is 1. The fourth-order valence-electron chi connectivity index (χ4n) is 3.56. The van der Waals surface area contributed by atoms with Crippen molar-refractivity contribution in [1.29, 1.82) is 0 Å². The molecule has 1 aliphatic rings. The Hall–Kier alpha value is -3.17. The lowest BCUT2D eigenvalue weighted by Gasteiger charge is -2.13. The number of hydrogen-bond donors (Lipinski definition) is 1. The van der Waals surface area contributed by atoms with Crippen molar-refractivity contribution < 1.29 is 27.6 Å². The highest BCUT2D eigenvalue weighted by Crippen LogP contribution is 2.30. The number of nitrogens with one attached hydrogen (secondary N) is 1. The molecule has 7 nitrogen and oxygen atoms in total. The standard InChI is InChI=1S/C21H23F3N4O3/c1-13-17(12-18(29)25-9-4-10-27-19(30)7-8-20(27)31)14(2)28(26-13)16-6-3-5-15(11-16)21(22,23)24/h3,5-6,11H,4,7-10,12H2,1-2H3,(H,25,29). The number of carbonyl (C=O) groups excluding carboxylic acids is 3. The number of carbonyl (C=O) groups is 3. The molecule has 31 heavy (non-hydrogen) atoms. The smallest absolute Gasteiger partial charge is 0.356 e. The summed E-state index contributed by atoms with van der Waals surface area (Å²) in [7, 11) is 0. The lowest BCUT2D eigenvalue weighted by molar-refractivity contribution is -0.139. The van der Waals surface area contributed by atoms with Crippen LogP contribution < -0.4 is 5.32 Å². The van der Waals surface area contributed by atoms with E-state index in [9.17, 15) is 27.6 Å². The third-order valence-corrected chi connectivity index (χ3v) is 5.23. The Labute approximate surface area is 177 Å². The summed E-state index contributed by atoms with van der Waals surface area (Å²) in [5.41, 5.74) is 1.27. The molecule has 1 aromatic carbocycles. The van der Waals surface area contributed by atoms with Gasteiger partial charge in [0.05, 0.1) is 23.4 Å². The average molecular weight is 436 g/mol. The second-order valence-corrected chi connectivity index (χ2v) is 7.43. The number of alkyl halides is 3. The topological polar surface area (TPSA) is 84.3 Å². The Kier molecular flexibility index (Phi) is 6.47. The maximum atomic E-state index is 13.0. The third-order valence-electron chi connectivity index (χ3n) is 5.23. The van der Waals surface area contributed by atoms with Crippen LogP contribution in [0.15, 0.2) is 24.3 Å². The monoisotopic (exact) mass is 436 g/mol. The summed E-state index contributed by atoms with van der Waals surface area (Å²) in [6.45, 7) is 3.97. The first-order chi connectivity index (χ1) is 14.6. The highest BCUT2D eigenvalue weighted by molar-refractivity contribution is 6.01. The van der Waals surface area contributed by atoms with Gasteiger partial charge in [0.1, 0.15) is 0 Å². The zero-order chi connectivity index (χ0) is 22.8. The molecule has 0 aliphatic carbocycles. The van der Waals surface area contributed by atoms with Gasteiger partial charge in [-0.1, -0.05) is 6.07 Å². The van der Waals surface area contributed by atoms with Crippen molar-refractivity contribution in [1.82, 2.24) is 20.0 Å². The summed E-state index contributed by atoms with van der Waals surface area (Å²) in [6, 6.07) is 4.85. The van der Waals surface area contributed by atoms with Crippen LogP contribution in [0, 0.1) is 13.8 Å². The van der Waals surface area contributed by atoms with Gasteiger partial charge in [0.2, 0.25) is 17.7 Å². The minimum Gasteiger partial charge on any atom is -0.356 e. The summed E-state index contributed by atoms with van der Waals surface area (Å²) in [5.74, 6) is -0.650. The molecule has 0 unspecified atom stereocenters. The fourth-order valence-corrected chi connectivity index (χ4v) is 3.56. The molecule has 3 amide bonds. The highest BCUT2D eigenvalue weighted by Gasteiger charge is 2.31. The Morgan fingerprint density at radius 3 is 2.48 bits per heavy atom. The van der Waals surface area contributed by atoms with E-state index in [1.54, 1.807) is 13.8 Å². The number of imide groups is 1. The number of nitrogens with zero attached hydrogens (tertiary/aromatic N) is 3. The Morgan fingerprint density at radius 1 is 1.16 bits per heavy atom. The molecule has 1 fully saturated rings. The van der Waals surface area contributed by atoms with E-state index in [0.29, 0.717) is 29.9 Å². The third kappa shape index (κ3) is 5.12. The van der Waals surface area contributed by atoms with Crippen LogP contribution in [0.3, 0.4) is 0 Å². The maximum Gasteiger partial charge on any atom is 0.416 e. The predicted molar refractivity (Wildman–Crippen MR) is 105 cm³/mol. The van der Waals surface area contributed by atoms with Crippen LogP contribution in [0.5, 0.6) is 0 Å². The van der Waals surface area contributed by atoms with Crippen molar-refractivity contribution in [3.63, 3.8) is 0 Å². The van der Waals surface area contributed by atoms with Crippen molar-refractivity contribution in [2.24, 2.45) is 0 Å². The Balaban J connectivity index is 1.61. The summed E-state index contributed by atoms with van der Waals surface area (Å²) < 4.78 is 40.4. The number of benzene rings is 1. The molecule has 1 aromatic heterocycles. The minimum absolute atomic E-state index is 0.0260. The summed E-state index contributed by atoms with van der Waals surface area (Å²) >= 11 is 0. The first-order valence-electron chi connectivity index (χ1n) is 9.90. The van der Waals surface area contributed by atoms with Crippen LogP contribution in [0.1, 0.15) is 41.8 Å².